The van der Waals surface area contributed by atoms with Crippen molar-refractivity contribution in [3.63, 3.8) is 0 Å². The summed E-state index contributed by atoms with van der Waals surface area (Å²) in [5.41, 5.74) is 0.444. The predicted octanol–water partition coefficient (Wildman–Crippen LogP) is 2.09. The first-order chi connectivity index (χ1) is 10.3. The quantitative estimate of drug-likeness (QED) is 0.608. The second-order valence-electron chi connectivity index (χ2n) is 4.47. The molecule has 0 radical (unpaired) electrons. The minimum Gasteiger partial charge on any atom is -0.481 e. The molecule has 0 saturated carbocycles. The average Bonchev–Trinajstić information content (AvgIpc) is 2.35. The Kier molecular flexibility index (Phi) is 6.52. The minimum atomic E-state index is -1.04. The van der Waals surface area contributed by atoms with Crippen LogP contribution in [0.15, 0.2) is 18.2 Å². The van der Waals surface area contributed by atoms with E-state index in [1.54, 1.807) is 6.92 Å². The van der Waals surface area contributed by atoms with Crippen molar-refractivity contribution in [1.29, 1.82) is 0 Å². The third-order valence-corrected chi connectivity index (χ3v) is 2.53. The van der Waals surface area contributed by atoms with Gasteiger partial charge in [0.15, 0.2) is 0 Å². The topological polar surface area (TPSA) is 99.1 Å². The highest BCUT2D eigenvalue weighted by atomic mass is 16.5. The highest BCUT2D eigenvalue weighted by Gasteiger charge is 2.19. The van der Waals surface area contributed by atoms with Gasteiger partial charge in [-0.2, -0.15) is 0 Å². The maximum absolute atomic E-state index is 11.1. The Balaban J connectivity index is 3.20. The third-order valence-electron chi connectivity index (χ3n) is 2.53. The molecular weight excluding hydrogens is 292 g/mol. The van der Waals surface area contributed by atoms with Crippen LogP contribution in [0.5, 0.6) is 11.5 Å². The van der Waals surface area contributed by atoms with E-state index in [-0.39, 0.29) is 17.9 Å². The molecule has 0 saturated heterocycles. The number of rotatable bonds is 7. The average molecular weight is 310 g/mol. The molecular formula is C15H18O7. The van der Waals surface area contributed by atoms with E-state index in [1.807, 2.05) is 0 Å². The Morgan fingerprint density at radius 2 is 1.55 bits per heavy atom. The fraction of sp³-hybridized carbons (Fsp3) is 0.400. The standard InChI is InChI=1S/C15H18O7/c1-4-20-14(8-15(18)19)11-5-12(21-9(2)16)7-13(6-11)22-10(3)17/h5-7,14H,4,8H2,1-3H3,(H,18,19). The summed E-state index contributed by atoms with van der Waals surface area (Å²) in [7, 11) is 0. The molecule has 0 fully saturated rings. The third kappa shape index (κ3) is 5.92. The molecule has 1 aromatic rings. The molecule has 0 aliphatic rings. The van der Waals surface area contributed by atoms with Crippen molar-refractivity contribution in [1.82, 2.24) is 0 Å². The van der Waals surface area contributed by atoms with Crippen molar-refractivity contribution < 1.29 is 33.7 Å². The molecule has 7 heteroatoms. The lowest BCUT2D eigenvalue weighted by atomic mass is 10.1. The maximum atomic E-state index is 11.1. The second kappa shape index (κ2) is 8.14. The second-order valence-corrected chi connectivity index (χ2v) is 4.47. The number of carbonyl (C=O) groups is 3. The van der Waals surface area contributed by atoms with E-state index in [1.165, 1.54) is 32.0 Å². The lowest BCUT2D eigenvalue weighted by molar-refractivity contribution is -0.140. The van der Waals surface area contributed by atoms with Crippen molar-refractivity contribution in [2.75, 3.05) is 6.61 Å². The summed E-state index contributed by atoms with van der Waals surface area (Å²) in [6.07, 6.45) is -1.01. The van der Waals surface area contributed by atoms with Gasteiger partial charge in [-0.25, -0.2) is 0 Å². The summed E-state index contributed by atoms with van der Waals surface area (Å²) in [4.78, 5) is 33.1. The van der Waals surface area contributed by atoms with Crippen molar-refractivity contribution in [3.8, 4) is 11.5 Å². The van der Waals surface area contributed by atoms with Crippen molar-refractivity contribution in [2.24, 2.45) is 0 Å². The van der Waals surface area contributed by atoms with Gasteiger partial charge in [0.25, 0.3) is 0 Å². The highest BCUT2D eigenvalue weighted by Crippen LogP contribution is 2.30. The molecule has 0 aliphatic carbocycles. The van der Waals surface area contributed by atoms with Crippen molar-refractivity contribution in [3.05, 3.63) is 23.8 Å². The zero-order valence-corrected chi connectivity index (χ0v) is 12.6. The Morgan fingerprint density at radius 3 is 1.91 bits per heavy atom. The van der Waals surface area contributed by atoms with Gasteiger partial charge in [0.05, 0.1) is 12.5 Å². The number of esters is 2. The van der Waals surface area contributed by atoms with Gasteiger partial charge in [-0.3, -0.25) is 14.4 Å². The molecule has 0 spiro atoms. The minimum absolute atomic E-state index is 0.149. The monoisotopic (exact) mass is 310 g/mol. The number of benzene rings is 1. The van der Waals surface area contributed by atoms with E-state index < -0.39 is 24.0 Å². The fourth-order valence-corrected chi connectivity index (χ4v) is 1.86. The number of carbonyl (C=O) groups excluding carboxylic acids is 2. The van der Waals surface area contributed by atoms with E-state index in [2.05, 4.69) is 0 Å². The van der Waals surface area contributed by atoms with Crippen LogP contribution in [0.25, 0.3) is 0 Å². The summed E-state index contributed by atoms with van der Waals surface area (Å²) >= 11 is 0. The number of aliphatic carboxylic acids is 1. The van der Waals surface area contributed by atoms with E-state index in [4.69, 9.17) is 19.3 Å². The summed E-state index contributed by atoms with van der Waals surface area (Å²) in [6, 6.07) is 4.34. The van der Waals surface area contributed by atoms with Crippen LogP contribution < -0.4 is 9.47 Å². The van der Waals surface area contributed by atoms with Gasteiger partial charge in [-0.15, -0.1) is 0 Å². The smallest absolute Gasteiger partial charge is 0.308 e. The van der Waals surface area contributed by atoms with Gasteiger partial charge >= 0.3 is 17.9 Å². The fourth-order valence-electron chi connectivity index (χ4n) is 1.86. The van der Waals surface area contributed by atoms with E-state index >= 15 is 0 Å². The SMILES string of the molecule is CCOC(CC(=O)O)c1cc(OC(C)=O)cc(OC(C)=O)c1. The number of hydrogen-bond acceptors (Lipinski definition) is 6. The first-order valence-electron chi connectivity index (χ1n) is 6.67. The maximum Gasteiger partial charge on any atom is 0.308 e. The molecule has 1 rings (SSSR count). The van der Waals surface area contributed by atoms with Crippen LogP contribution in [0, 0.1) is 0 Å². The van der Waals surface area contributed by atoms with Crippen LogP contribution >= 0.6 is 0 Å². The lowest BCUT2D eigenvalue weighted by Crippen LogP contribution is -2.12. The number of ether oxygens (including phenoxy) is 3. The van der Waals surface area contributed by atoms with Gasteiger partial charge in [-0.05, 0) is 24.6 Å². The predicted molar refractivity (Wildman–Crippen MR) is 75.7 cm³/mol. The van der Waals surface area contributed by atoms with Gasteiger partial charge in [0.1, 0.15) is 11.5 Å². The zero-order valence-electron chi connectivity index (χ0n) is 12.6. The number of carboxylic acid groups (broad SMARTS) is 1. The normalized spacial score (nSPS) is 11.6. The van der Waals surface area contributed by atoms with Gasteiger partial charge in [0, 0.05) is 26.5 Å². The Bertz CT molecular complexity index is 531. The first-order valence-corrected chi connectivity index (χ1v) is 6.67. The molecule has 1 unspecified atom stereocenters. The van der Waals surface area contributed by atoms with Crippen LogP contribution in [-0.4, -0.2) is 29.6 Å². The van der Waals surface area contributed by atoms with Crippen LogP contribution in [0.2, 0.25) is 0 Å². The number of carboxylic acids is 1. The van der Waals surface area contributed by atoms with Crippen LogP contribution in [-0.2, 0) is 19.1 Å². The molecule has 0 aliphatic heterocycles. The molecule has 120 valence electrons. The molecule has 0 aromatic heterocycles. The van der Waals surface area contributed by atoms with Gasteiger partial charge < -0.3 is 19.3 Å². The lowest BCUT2D eigenvalue weighted by Gasteiger charge is -2.17. The number of hydrogen-bond donors (Lipinski definition) is 1. The molecule has 0 amide bonds. The molecule has 0 bridgehead atoms. The van der Waals surface area contributed by atoms with Crippen LogP contribution in [0.4, 0.5) is 0 Å². The van der Waals surface area contributed by atoms with Crippen molar-refractivity contribution >= 4 is 17.9 Å². The highest BCUT2D eigenvalue weighted by molar-refractivity contribution is 5.72. The molecule has 22 heavy (non-hydrogen) atoms. The largest absolute Gasteiger partial charge is 0.481 e. The summed E-state index contributed by atoms with van der Waals surface area (Å²) in [5, 5.41) is 8.95. The first kappa shape index (κ1) is 17.6. The Morgan fingerprint density at radius 1 is 1.05 bits per heavy atom. The molecule has 1 atom stereocenters. The van der Waals surface area contributed by atoms with Gasteiger partial charge in [0.2, 0.25) is 0 Å². The van der Waals surface area contributed by atoms with E-state index in [0.717, 1.165) is 0 Å². The van der Waals surface area contributed by atoms with Crippen molar-refractivity contribution in [2.45, 2.75) is 33.3 Å². The molecule has 1 N–H and O–H groups in total. The molecule has 7 nitrogen and oxygen atoms in total. The Labute approximate surface area is 127 Å². The van der Waals surface area contributed by atoms with E-state index in [9.17, 15) is 14.4 Å². The Hall–Kier alpha value is -2.41. The van der Waals surface area contributed by atoms with Gasteiger partial charge in [-0.1, -0.05) is 0 Å². The summed E-state index contributed by atoms with van der Waals surface area (Å²) < 4.78 is 15.4. The summed E-state index contributed by atoms with van der Waals surface area (Å²) in [6.45, 7) is 4.50. The molecule has 1 aromatic carbocycles. The van der Waals surface area contributed by atoms with E-state index in [0.29, 0.717) is 12.2 Å². The van der Waals surface area contributed by atoms with Crippen LogP contribution in [0.3, 0.4) is 0 Å². The zero-order chi connectivity index (χ0) is 16.7. The summed E-state index contributed by atoms with van der Waals surface area (Å²) in [5.74, 6) is -1.83. The molecule has 0 heterocycles. The van der Waals surface area contributed by atoms with Crippen LogP contribution in [0.1, 0.15) is 38.9 Å².